The SMILES string of the molecule is COc1ccc(C(OC(C(=O)c2ccccc2)[C@H]2O[C@@H](n3ccc(N)nc3=O)[C@H](OC)[C@@H]2OP(N)O)(c2ccccc2)c2ccc(OC)cc2)cc1. The molecule has 0 amide bonds. The molecule has 2 unspecified atom stereocenters. The van der Waals surface area contributed by atoms with Crippen molar-refractivity contribution >= 4 is 20.1 Å². The number of ether oxygens (including phenoxy) is 5. The van der Waals surface area contributed by atoms with Crippen molar-refractivity contribution < 1.29 is 37.9 Å². The van der Waals surface area contributed by atoms with E-state index in [-0.39, 0.29) is 5.82 Å². The summed E-state index contributed by atoms with van der Waals surface area (Å²) in [6, 6.07) is 34.1. The third kappa shape index (κ3) is 7.34. The van der Waals surface area contributed by atoms with Crippen LogP contribution in [-0.2, 0) is 24.3 Å². The molecule has 270 valence electrons. The minimum Gasteiger partial charge on any atom is -0.497 e. The topological polar surface area (TPSA) is 180 Å². The summed E-state index contributed by atoms with van der Waals surface area (Å²) in [7, 11) is 2.02. The Morgan fingerprint density at radius 1 is 0.827 bits per heavy atom. The molecular formula is C38H39N4O9P. The summed E-state index contributed by atoms with van der Waals surface area (Å²) in [6.07, 6.45) is -4.88. The molecule has 1 aliphatic rings. The number of benzene rings is 4. The number of anilines is 1. The van der Waals surface area contributed by atoms with Gasteiger partial charge in [0.2, 0.25) is 0 Å². The monoisotopic (exact) mass is 726 g/mol. The smallest absolute Gasteiger partial charge is 0.351 e. The van der Waals surface area contributed by atoms with Crippen LogP contribution in [0.2, 0.25) is 0 Å². The zero-order valence-electron chi connectivity index (χ0n) is 28.6. The molecule has 2 heterocycles. The summed E-state index contributed by atoms with van der Waals surface area (Å²) in [6.45, 7) is 0. The maximum absolute atomic E-state index is 15.0. The van der Waals surface area contributed by atoms with Gasteiger partial charge in [0, 0.05) is 18.9 Å². The minimum atomic E-state index is -2.52. The quantitative estimate of drug-likeness (QED) is 0.0826. The van der Waals surface area contributed by atoms with Crippen molar-refractivity contribution in [1.29, 1.82) is 0 Å². The Morgan fingerprint density at radius 2 is 1.37 bits per heavy atom. The predicted molar refractivity (Wildman–Crippen MR) is 194 cm³/mol. The average molecular weight is 727 g/mol. The van der Waals surface area contributed by atoms with E-state index >= 15 is 0 Å². The Morgan fingerprint density at radius 3 is 1.87 bits per heavy atom. The number of carbonyl (C=O) groups is 1. The van der Waals surface area contributed by atoms with Crippen LogP contribution in [0.4, 0.5) is 5.82 Å². The molecule has 1 aliphatic heterocycles. The van der Waals surface area contributed by atoms with Crippen molar-refractivity contribution in [3.63, 3.8) is 0 Å². The highest BCUT2D eigenvalue weighted by Gasteiger charge is 2.55. The number of ketones is 1. The van der Waals surface area contributed by atoms with Crippen molar-refractivity contribution in [2.75, 3.05) is 27.1 Å². The van der Waals surface area contributed by atoms with Gasteiger partial charge in [-0.25, -0.2) is 4.79 Å². The molecule has 0 bridgehead atoms. The van der Waals surface area contributed by atoms with Crippen molar-refractivity contribution in [3.8, 4) is 11.5 Å². The highest BCUT2D eigenvalue weighted by molar-refractivity contribution is 7.43. The number of methoxy groups -OCH3 is 3. The molecule has 1 saturated heterocycles. The Labute approximate surface area is 301 Å². The summed E-state index contributed by atoms with van der Waals surface area (Å²) in [5.74, 6) is 0.750. The predicted octanol–water partition coefficient (Wildman–Crippen LogP) is 4.58. The van der Waals surface area contributed by atoms with Gasteiger partial charge in [0.05, 0.1) is 14.2 Å². The van der Waals surface area contributed by atoms with Crippen LogP contribution < -0.4 is 26.4 Å². The first kappa shape index (κ1) is 36.8. The Balaban J connectivity index is 1.61. The van der Waals surface area contributed by atoms with Crippen LogP contribution in [0.3, 0.4) is 0 Å². The third-order valence-corrected chi connectivity index (χ3v) is 9.40. The summed E-state index contributed by atoms with van der Waals surface area (Å²) in [5, 5.41) is 0. The lowest BCUT2D eigenvalue weighted by Crippen LogP contribution is -2.50. The van der Waals surface area contributed by atoms with Gasteiger partial charge in [0.15, 0.2) is 18.1 Å². The third-order valence-electron chi connectivity index (χ3n) is 8.95. The lowest BCUT2D eigenvalue weighted by atomic mass is 9.79. The second kappa shape index (κ2) is 16.1. The highest BCUT2D eigenvalue weighted by atomic mass is 31.2. The normalized spacial score (nSPS) is 19.9. The number of carbonyl (C=O) groups excluding carboxylic acids is 1. The van der Waals surface area contributed by atoms with Gasteiger partial charge >= 0.3 is 5.69 Å². The van der Waals surface area contributed by atoms with Gasteiger partial charge < -0.3 is 38.8 Å². The molecule has 5 N–H and O–H groups in total. The van der Waals surface area contributed by atoms with Crippen LogP contribution in [0, 0.1) is 0 Å². The first-order valence-corrected chi connectivity index (χ1v) is 17.5. The van der Waals surface area contributed by atoms with Crippen LogP contribution in [-0.4, -0.2) is 66.0 Å². The first-order chi connectivity index (χ1) is 25.2. The fourth-order valence-corrected chi connectivity index (χ4v) is 6.99. The van der Waals surface area contributed by atoms with E-state index < -0.39 is 56.2 Å². The van der Waals surface area contributed by atoms with Crippen LogP contribution in [0.1, 0.15) is 33.3 Å². The molecule has 14 heteroatoms. The molecule has 1 fully saturated rings. The number of nitrogens with two attached hydrogens (primary N) is 2. The van der Waals surface area contributed by atoms with Gasteiger partial charge in [0.25, 0.3) is 8.53 Å². The van der Waals surface area contributed by atoms with E-state index in [1.165, 1.54) is 23.9 Å². The van der Waals surface area contributed by atoms with E-state index in [0.717, 1.165) is 0 Å². The maximum Gasteiger partial charge on any atom is 0.351 e. The van der Waals surface area contributed by atoms with Crippen molar-refractivity contribution in [1.82, 2.24) is 9.55 Å². The molecule has 6 rings (SSSR count). The molecule has 5 aromatic rings. The van der Waals surface area contributed by atoms with Gasteiger partial charge in [-0.2, -0.15) is 4.98 Å². The zero-order chi connectivity index (χ0) is 36.8. The number of nitrogens with zero attached hydrogens (tertiary/aromatic N) is 2. The Bertz CT molecular complexity index is 1950. The van der Waals surface area contributed by atoms with Crippen molar-refractivity contribution in [2.45, 2.75) is 36.2 Å². The van der Waals surface area contributed by atoms with E-state index in [2.05, 4.69) is 4.98 Å². The molecule has 0 saturated carbocycles. The van der Waals surface area contributed by atoms with Gasteiger partial charge in [-0.3, -0.25) is 14.9 Å². The largest absolute Gasteiger partial charge is 0.497 e. The summed E-state index contributed by atoms with van der Waals surface area (Å²) in [5.41, 5.74) is 11.7. The zero-order valence-corrected chi connectivity index (χ0v) is 29.5. The minimum absolute atomic E-state index is 0.00509. The molecule has 1 aromatic heterocycles. The average Bonchev–Trinajstić information content (AvgIpc) is 3.52. The molecule has 4 aromatic carbocycles. The van der Waals surface area contributed by atoms with Crippen LogP contribution in [0.25, 0.3) is 0 Å². The van der Waals surface area contributed by atoms with Crippen molar-refractivity contribution in [3.05, 3.63) is 154 Å². The van der Waals surface area contributed by atoms with Gasteiger partial charge in [-0.15, -0.1) is 0 Å². The Hall–Kier alpha value is -4.98. The standard InChI is InChI=1S/C38H39N4O9P/c1-46-28-18-14-26(15-19-28)38(25-12-8-5-9-13-25,27-16-20-29(47-2)21-17-27)50-32(31(43)24-10-6-4-7-11-24)33-34(51-52(40)45)35(48-3)36(49-33)42-23-22-30(39)41-37(42)44/h4-23,32-36,45H,40H2,1-3H3,(H2,39,41,44)/t32?,33-,34-,35-,36-,52?/m1/s1. The number of hydrogen-bond donors (Lipinski definition) is 3. The van der Waals surface area contributed by atoms with Crippen molar-refractivity contribution in [2.24, 2.45) is 5.50 Å². The second-order valence-electron chi connectivity index (χ2n) is 11.9. The summed E-state index contributed by atoms with van der Waals surface area (Å²) in [4.78, 5) is 42.4. The molecule has 0 radical (unpaired) electrons. The molecule has 6 atom stereocenters. The fourth-order valence-electron chi connectivity index (χ4n) is 6.50. The lowest BCUT2D eigenvalue weighted by Gasteiger charge is -2.40. The number of rotatable bonds is 14. The molecule has 13 nitrogen and oxygen atoms in total. The van der Waals surface area contributed by atoms with Crippen LogP contribution in [0.5, 0.6) is 11.5 Å². The first-order valence-electron chi connectivity index (χ1n) is 16.2. The van der Waals surface area contributed by atoms with Crippen LogP contribution >= 0.6 is 8.53 Å². The fraction of sp³-hybridized carbons (Fsp3) is 0.237. The molecular weight excluding hydrogens is 687 g/mol. The van der Waals surface area contributed by atoms with E-state index in [4.69, 9.17) is 39.4 Å². The summed E-state index contributed by atoms with van der Waals surface area (Å²) < 4.78 is 37.9. The van der Waals surface area contributed by atoms with E-state index in [9.17, 15) is 14.5 Å². The molecule has 0 spiro atoms. The van der Waals surface area contributed by atoms with Crippen LogP contribution in [0.15, 0.2) is 126 Å². The number of hydrogen-bond acceptors (Lipinski definition) is 12. The highest BCUT2D eigenvalue weighted by Crippen LogP contribution is 2.47. The molecule has 52 heavy (non-hydrogen) atoms. The number of Topliss-reactive ketones (excluding diaryl/α,β-unsaturated/α-hetero) is 1. The lowest BCUT2D eigenvalue weighted by molar-refractivity contribution is -0.125. The number of nitrogen functional groups attached to an aromatic ring is 1. The molecule has 0 aliphatic carbocycles. The van der Waals surface area contributed by atoms with E-state index in [0.29, 0.717) is 33.8 Å². The summed E-state index contributed by atoms with van der Waals surface area (Å²) >= 11 is 0. The van der Waals surface area contributed by atoms with E-state index in [1.807, 2.05) is 54.6 Å². The van der Waals surface area contributed by atoms with Gasteiger partial charge in [-0.1, -0.05) is 84.9 Å². The van der Waals surface area contributed by atoms with Gasteiger partial charge in [-0.05, 0) is 47.0 Å². The number of aromatic nitrogens is 2. The van der Waals surface area contributed by atoms with E-state index in [1.54, 1.807) is 68.8 Å². The maximum atomic E-state index is 15.0. The Kier molecular flexibility index (Phi) is 11.4. The van der Waals surface area contributed by atoms with Gasteiger partial charge in [0.1, 0.15) is 41.2 Å². The second-order valence-corrected chi connectivity index (χ2v) is 12.7.